The second kappa shape index (κ2) is 20.6. The van der Waals surface area contributed by atoms with Crippen molar-refractivity contribution in [3.8, 4) is 44.8 Å². The summed E-state index contributed by atoms with van der Waals surface area (Å²) in [7, 11) is -1.44. The maximum Gasteiger partial charge on any atom is 0.488 e. The van der Waals surface area contributed by atoms with Crippen LogP contribution in [0.3, 0.4) is 0 Å². The Labute approximate surface area is 469 Å². The Morgan fingerprint density at radius 1 is 0.275 bits per heavy atom. The van der Waals surface area contributed by atoms with Gasteiger partial charge in [0.05, 0.1) is 22.1 Å². The molecule has 0 unspecified atom stereocenters. The molecule has 0 radical (unpaired) electrons. The van der Waals surface area contributed by atoms with E-state index in [0.29, 0.717) is 5.46 Å². The Bertz CT molecular complexity index is 4810. The Balaban J connectivity index is 0.000000117. The number of nitrogens with zero attached hydrogens (tertiary/aromatic N) is 2. The van der Waals surface area contributed by atoms with Gasteiger partial charge in [-0.25, -0.2) is 0 Å². The number of furan rings is 2. The quantitative estimate of drug-likeness (QED) is 0.163. The smallest absolute Gasteiger partial charge is 0.456 e. The summed E-state index contributed by atoms with van der Waals surface area (Å²) in [6.45, 7) is 0. The molecule has 0 bridgehead atoms. The highest BCUT2D eigenvalue weighted by molar-refractivity contribution is 9.10. The first kappa shape index (κ1) is 48.7. The Kier molecular flexibility index (Phi) is 12.5. The Morgan fingerprint density at radius 2 is 0.562 bits per heavy atom. The molecular weight excluding hydrogens is 1050 g/mol. The van der Waals surface area contributed by atoms with Crippen molar-refractivity contribution >= 4 is 116 Å². The van der Waals surface area contributed by atoms with Crippen LogP contribution >= 0.6 is 15.9 Å². The molecular formula is C72H48BBrN2O4. The molecule has 0 atom stereocenters. The molecule has 8 heteroatoms. The molecule has 0 fully saturated rings. The normalized spacial score (nSPS) is 11.4. The van der Waals surface area contributed by atoms with E-state index in [-0.39, 0.29) is 0 Å². The third-order valence-electron chi connectivity index (χ3n) is 15.2. The van der Waals surface area contributed by atoms with Crippen molar-refractivity contribution in [1.82, 2.24) is 9.13 Å². The summed E-state index contributed by atoms with van der Waals surface area (Å²) in [5, 5.41) is 28.1. The van der Waals surface area contributed by atoms with E-state index in [9.17, 15) is 10.0 Å². The number of hydrogen-bond donors (Lipinski definition) is 2. The van der Waals surface area contributed by atoms with Crippen LogP contribution in [-0.4, -0.2) is 26.3 Å². The third-order valence-corrected chi connectivity index (χ3v) is 15.8. The van der Waals surface area contributed by atoms with Crippen LogP contribution in [0, 0.1) is 0 Å². The fourth-order valence-electron chi connectivity index (χ4n) is 11.3. The number of fused-ring (bicyclic) bond motifs is 12. The molecule has 0 amide bonds. The topological polar surface area (TPSA) is 76.6 Å². The number of rotatable bonds is 6. The molecule has 4 aromatic heterocycles. The van der Waals surface area contributed by atoms with E-state index in [1.165, 1.54) is 76.9 Å². The van der Waals surface area contributed by atoms with Crippen LogP contribution in [0.25, 0.3) is 132 Å². The molecule has 0 aliphatic heterocycles. The monoisotopic (exact) mass is 1090 g/mol. The van der Waals surface area contributed by atoms with Crippen molar-refractivity contribution in [3.05, 3.63) is 284 Å². The summed E-state index contributed by atoms with van der Waals surface area (Å²) in [5.41, 5.74) is 18.2. The number of para-hydroxylation sites is 6. The number of aromatic nitrogens is 2. The fraction of sp³-hybridized carbons (Fsp3) is 0. The van der Waals surface area contributed by atoms with Crippen molar-refractivity contribution in [2.45, 2.75) is 0 Å². The van der Waals surface area contributed by atoms with Gasteiger partial charge in [0.25, 0.3) is 0 Å². The first-order chi connectivity index (χ1) is 39.4. The van der Waals surface area contributed by atoms with Crippen LogP contribution in [0.4, 0.5) is 0 Å². The zero-order valence-electron chi connectivity index (χ0n) is 43.1. The maximum atomic E-state index is 9.24. The molecule has 0 spiro atoms. The van der Waals surface area contributed by atoms with E-state index in [0.717, 1.165) is 59.9 Å². The average Bonchev–Trinajstić information content (AvgIpc) is 4.42. The largest absolute Gasteiger partial charge is 0.488 e. The molecule has 0 saturated heterocycles. The van der Waals surface area contributed by atoms with E-state index in [1.54, 1.807) is 12.1 Å². The minimum absolute atomic E-state index is 0.490. The summed E-state index contributed by atoms with van der Waals surface area (Å²) in [6.07, 6.45) is 0. The molecule has 12 aromatic carbocycles. The average molecular weight is 1100 g/mol. The van der Waals surface area contributed by atoms with E-state index < -0.39 is 7.12 Å². The predicted molar refractivity (Wildman–Crippen MR) is 336 cm³/mol. The second-order valence-electron chi connectivity index (χ2n) is 20.0. The minimum Gasteiger partial charge on any atom is -0.456 e. The van der Waals surface area contributed by atoms with Crippen molar-refractivity contribution in [3.63, 3.8) is 0 Å². The Hall–Kier alpha value is -9.70. The molecule has 2 N–H and O–H groups in total. The van der Waals surface area contributed by atoms with Crippen LogP contribution in [-0.2, 0) is 0 Å². The third kappa shape index (κ3) is 8.91. The SMILES string of the molecule is Brc1ccc(-c2ccc3c(c2)oc2ccccc23)cc1.OB(O)c1ccc(-n2c3ccccc3c3ccccc32)cc1.c1ccc2c(c1)oc1cc(-c3ccc(-c4ccc(-n5c6ccccc6c6ccccc65)cc4)cc3)ccc12. The summed E-state index contributed by atoms with van der Waals surface area (Å²) in [5.74, 6) is 0. The van der Waals surface area contributed by atoms with Gasteiger partial charge in [0.2, 0.25) is 0 Å². The highest BCUT2D eigenvalue weighted by Gasteiger charge is 2.16. The van der Waals surface area contributed by atoms with Gasteiger partial charge < -0.3 is 28.0 Å². The maximum absolute atomic E-state index is 9.24. The zero-order chi connectivity index (χ0) is 53.7. The lowest BCUT2D eigenvalue weighted by molar-refractivity contribution is 0.426. The lowest BCUT2D eigenvalue weighted by Gasteiger charge is -2.10. The first-order valence-electron chi connectivity index (χ1n) is 26.6. The van der Waals surface area contributed by atoms with Gasteiger partial charge in [0.15, 0.2) is 0 Å². The molecule has 380 valence electrons. The van der Waals surface area contributed by atoms with Gasteiger partial charge >= 0.3 is 7.12 Å². The lowest BCUT2D eigenvalue weighted by atomic mass is 9.80. The van der Waals surface area contributed by atoms with Gasteiger partial charge in [-0.3, -0.25) is 0 Å². The van der Waals surface area contributed by atoms with Crippen molar-refractivity contribution < 1.29 is 18.9 Å². The van der Waals surface area contributed by atoms with Gasteiger partial charge in [-0.2, -0.15) is 0 Å². The molecule has 0 aliphatic rings. The predicted octanol–water partition coefficient (Wildman–Crippen LogP) is 18.5. The number of benzene rings is 12. The van der Waals surface area contributed by atoms with Crippen LogP contribution in [0.5, 0.6) is 0 Å². The summed E-state index contributed by atoms with van der Waals surface area (Å²) in [4.78, 5) is 0. The standard InChI is InChI=1S/C36H23NO.C18H14BNO2.C18H11BrO/c1-4-10-33-29(7-1)30-8-2-5-11-34(30)37(33)28-20-17-25(18-21-28)24-13-15-26(16-14-24)27-19-22-32-31-9-3-6-12-35(31)38-36(32)23-27;21-19(22)13-9-11-14(12-10-13)20-17-7-3-1-5-15(17)16-6-2-4-8-18(16)20;19-14-8-5-12(6-9-14)13-7-10-16-15-3-1-2-4-17(15)20-18(16)11-13/h1-23H;1-12,21-22H;1-11H. The molecule has 0 saturated carbocycles. The summed E-state index contributed by atoms with van der Waals surface area (Å²) >= 11 is 3.46. The highest BCUT2D eigenvalue weighted by Crippen LogP contribution is 2.37. The fourth-order valence-corrected chi connectivity index (χ4v) is 11.6. The second-order valence-corrected chi connectivity index (χ2v) is 20.9. The molecule has 16 aromatic rings. The van der Waals surface area contributed by atoms with Gasteiger partial charge in [0, 0.05) is 58.9 Å². The van der Waals surface area contributed by atoms with E-state index in [2.05, 4.69) is 225 Å². The highest BCUT2D eigenvalue weighted by atomic mass is 79.9. The van der Waals surface area contributed by atoms with E-state index in [4.69, 9.17) is 8.83 Å². The number of halogens is 1. The molecule has 6 nitrogen and oxygen atoms in total. The van der Waals surface area contributed by atoms with Gasteiger partial charge in [0.1, 0.15) is 22.3 Å². The van der Waals surface area contributed by atoms with Gasteiger partial charge in [-0.15, -0.1) is 0 Å². The van der Waals surface area contributed by atoms with E-state index >= 15 is 0 Å². The van der Waals surface area contributed by atoms with Crippen LogP contribution < -0.4 is 5.46 Å². The van der Waals surface area contributed by atoms with Crippen molar-refractivity contribution in [2.24, 2.45) is 0 Å². The molecule has 80 heavy (non-hydrogen) atoms. The Morgan fingerprint density at radius 3 is 0.950 bits per heavy atom. The molecule has 4 heterocycles. The van der Waals surface area contributed by atoms with Gasteiger partial charge in [-0.1, -0.05) is 198 Å². The van der Waals surface area contributed by atoms with Crippen molar-refractivity contribution in [1.29, 1.82) is 0 Å². The van der Waals surface area contributed by atoms with Crippen LogP contribution in [0.2, 0.25) is 0 Å². The van der Waals surface area contributed by atoms with Crippen molar-refractivity contribution in [2.75, 3.05) is 0 Å². The minimum atomic E-state index is -1.44. The lowest BCUT2D eigenvalue weighted by Crippen LogP contribution is -2.29. The van der Waals surface area contributed by atoms with E-state index in [1.807, 2.05) is 66.7 Å². The molecule has 16 rings (SSSR count). The molecule has 0 aliphatic carbocycles. The van der Waals surface area contributed by atoms with Crippen LogP contribution in [0.1, 0.15) is 0 Å². The van der Waals surface area contributed by atoms with Crippen LogP contribution in [0.15, 0.2) is 292 Å². The first-order valence-corrected chi connectivity index (χ1v) is 27.4. The number of hydrogen-bond acceptors (Lipinski definition) is 4. The zero-order valence-corrected chi connectivity index (χ0v) is 44.7. The van der Waals surface area contributed by atoms with Gasteiger partial charge in [-0.05, 0) is 136 Å². The summed E-state index contributed by atoms with van der Waals surface area (Å²) < 4.78 is 17.7. The summed E-state index contributed by atoms with van der Waals surface area (Å²) in [6, 6.07) is 96.4.